The second kappa shape index (κ2) is 7.47. The first kappa shape index (κ1) is 21.2. The standard InChI is InChI=1S/C22H15Cl2N5O4/c1-10-5-12(8-13-17(10)26-20(31)22(13)3-2-4-22)33-18-14(23)6-11(7-15(18)24)29-21(32)27-19(30)16(9-25)28-29/h5-8H,2-4H2,1H3,(H,26,31)(H,27,30,32). The van der Waals surface area contributed by atoms with Crippen molar-refractivity contribution in [3.8, 4) is 23.3 Å². The highest BCUT2D eigenvalue weighted by Gasteiger charge is 2.51. The van der Waals surface area contributed by atoms with Gasteiger partial charge in [0.25, 0.3) is 5.56 Å². The van der Waals surface area contributed by atoms with Crippen LogP contribution in [0.1, 0.15) is 36.1 Å². The van der Waals surface area contributed by atoms with Gasteiger partial charge in [0.05, 0.1) is 21.1 Å². The van der Waals surface area contributed by atoms with E-state index in [1.165, 1.54) is 12.1 Å². The van der Waals surface area contributed by atoms with E-state index in [2.05, 4.69) is 10.4 Å². The molecule has 166 valence electrons. The number of carbonyl (C=O) groups is 1. The number of carbonyl (C=O) groups excluding carboxylic acids is 1. The Morgan fingerprint density at radius 3 is 2.45 bits per heavy atom. The van der Waals surface area contributed by atoms with Crippen molar-refractivity contribution >= 4 is 34.8 Å². The van der Waals surface area contributed by atoms with E-state index in [0.717, 1.165) is 40.8 Å². The Morgan fingerprint density at radius 2 is 1.85 bits per heavy atom. The molecule has 0 radical (unpaired) electrons. The van der Waals surface area contributed by atoms with Crippen molar-refractivity contribution in [2.24, 2.45) is 0 Å². The molecule has 1 amide bonds. The number of nitrogens with zero attached hydrogens (tertiary/aromatic N) is 3. The fourth-order valence-electron chi connectivity index (χ4n) is 4.27. The Labute approximate surface area is 196 Å². The Morgan fingerprint density at radius 1 is 1.15 bits per heavy atom. The van der Waals surface area contributed by atoms with Crippen LogP contribution in [0.2, 0.25) is 10.0 Å². The third-order valence-corrected chi connectivity index (χ3v) is 6.65. The maximum absolute atomic E-state index is 12.6. The van der Waals surface area contributed by atoms with Gasteiger partial charge in [-0.2, -0.15) is 9.94 Å². The summed E-state index contributed by atoms with van der Waals surface area (Å²) in [4.78, 5) is 38.3. The second-order valence-electron chi connectivity index (χ2n) is 8.02. The number of anilines is 1. The van der Waals surface area contributed by atoms with Crippen molar-refractivity contribution in [3.63, 3.8) is 0 Å². The summed E-state index contributed by atoms with van der Waals surface area (Å²) < 4.78 is 6.83. The number of halogens is 2. The van der Waals surface area contributed by atoms with E-state index < -0.39 is 22.4 Å². The lowest BCUT2D eigenvalue weighted by Crippen LogP contribution is -2.40. The SMILES string of the molecule is Cc1cc(Oc2c(Cl)cc(-n3nc(C#N)c(=O)[nH]c3=O)cc2Cl)cc2c1NC(=O)C21CCC1. The maximum Gasteiger partial charge on any atom is 0.349 e. The molecule has 1 spiro atoms. The van der Waals surface area contributed by atoms with Gasteiger partial charge in [-0.1, -0.05) is 29.6 Å². The topological polar surface area (TPSA) is 130 Å². The van der Waals surface area contributed by atoms with Gasteiger partial charge in [-0.05, 0) is 55.2 Å². The van der Waals surface area contributed by atoms with E-state index >= 15 is 0 Å². The molecule has 0 unspecified atom stereocenters. The minimum absolute atomic E-state index is 0.0139. The summed E-state index contributed by atoms with van der Waals surface area (Å²) in [7, 11) is 0. The van der Waals surface area contributed by atoms with Gasteiger partial charge >= 0.3 is 5.69 Å². The number of nitriles is 1. The van der Waals surface area contributed by atoms with E-state index in [1.54, 1.807) is 12.1 Å². The fourth-order valence-corrected chi connectivity index (χ4v) is 4.82. The summed E-state index contributed by atoms with van der Waals surface area (Å²) in [6, 6.07) is 7.99. The molecule has 2 N–H and O–H groups in total. The quantitative estimate of drug-likeness (QED) is 0.585. The van der Waals surface area contributed by atoms with E-state index in [1.807, 2.05) is 18.0 Å². The number of aromatic amines is 1. The van der Waals surface area contributed by atoms with Crippen LogP contribution in [0.3, 0.4) is 0 Å². The average molecular weight is 484 g/mol. The number of aryl methyl sites for hydroxylation is 1. The number of amides is 1. The Kier molecular flexibility index (Phi) is 4.81. The van der Waals surface area contributed by atoms with Crippen LogP contribution < -0.4 is 21.3 Å². The van der Waals surface area contributed by atoms with Gasteiger partial charge in [0, 0.05) is 5.69 Å². The van der Waals surface area contributed by atoms with E-state index in [4.69, 9.17) is 33.2 Å². The average Bonchev–Trinajstić information content (AvgIpc) is 3.03. The number of fused-ring (bicyclic) bond motifs is 2. The third-order valence-electron chi connectivity index (χ3n) is 6.09. The minimum atomic E-state index is -0.889. The normalized spacial score (nSPS) is 15.5. The van der Waals surface area contributed by atoms with Crippen LogP contribution in [0.15, 0.2) is 33.9 Å². The smallest absolute Gasteiger partial charge is 0.349 e. The van der Waals surface area contributed by atoms with E-state index in [9.17, 15) is 14.4 Å². The highest BCUT2D eigenvalue weighted by atomic mass is 35.5. The largest absolute Gasteiger partial charge is 0.454 e. The number of hydrogen-bond acceptors (Lipinski definition) is 6. The maximum atomic E-state index is 12.6. The molecule has 2 aliphatic rings. The second-order valence-corrected chi connectivity index (χ2v) is 8.84. The molecule has 33 heavy (non-hydrogen) atoms. The molecule has 5 rings (SSSR count). The van der Waals surface area contributed by atoms with Gasteiger partial charge in [0.15, 0.2) is 5.75 Å². The minimum Gasteiger partial charge on any atom is -0.454 e. The summed E-state index contributed by atoms with van der Waals surface area (Å²) in [5.74, 6) is 0.635. The first-order valence-corrected chi connectivity index (χ1v) is 10.8. The van der Waals surface area contributed by atoms with Gasteiger partial charge < -0.3 is 10.1 Å². The van der Waals surface area contributed by atoms with E-state index in [0.29, 0.717) is 5.75 Å². The number of hydrogen-bond donors (Lipinski definition) is 2. The van der Waals surface area contributed by atoms with Crippen LogP contribution in [-0.4, -0.2) is 20.7 Å². The van der Waals surface area contributed by atoms with Gasteiger partial charge in [-0.25, -0.2) is 4.79 Å². The molecule has 1 aliphatic carbocycles. The van der Waals surface area contributed by atoms with Gasteiger partial charge in [0.2, 0.25) is 11.6 Å². The lowest BCUT2D eigenvalue weighted by molar-refractivity contribution is -0.123. The molecule has 1 fully saturated rings. The van der Waals surface area contributed by atoms with Gasteiger partial charge in [-0.15, -0.1) is 5.10 Å². The molecule has 0 atom stereocenters. The number of nitrogens with one attached hydrogen (secondary N) is 2. The Balaban J connectivity index is 1.54. The van der Waals surface area contributed by atoms with Crippen molar-refractivity contribution < 1.29 is 9.53 Å². The molecule has 11 heteroatoms. The van der Waals surface area contributed by atoms with Crippen molar-refractivity contribution in [1.82, 2.24) is 14.8 Å². The van der Waals surface area contributed by atoms with Crippen LogP contribution >= 0.6 is 23.2 Å². The zero-order valence-electron chi connectivity index (χ0n) is 17.2. The molecule has 9 nitrogen and oxygen atoms in total. The predicted octanol–water partition coefficient (Wildman–Crippen LogP) is 3.57. The molecule has 2 heterocycles. The highest BCUT2D eigenvalue weighted by molar-refractivity contribution is 6.37. The molecule has 1 aliphatic heterocycles. The molecule has 0 saturated heterocycles. The molecule has 1 saturated carbocycles. The number of benzene rings is 2. The molecular weight excluding hydrogens is 469 g/mol. The predicted molar refractivity (Wildman–Crippen MR) is 121 cm³/mol. The van der Waals surface area contributed by atoms with Crippen molar-refractivity contribution in [2.45, 2.75) is 31.6 Å². The zero-order chi connectivity index (χ0) is 23.5. The van der Waals surface area contributed by atoms with Crippen molar-refractivity contribution in [3.05, 3.63) is 72.0 Å². The summed E-state index contributed by atoms with van der Waals surface area (Å²) in [6.45, 7) is 1.89. The van der Waals surface area contributed by atoms with Gasteiger partial charge in [-0.3, -0.25) is 14.6 Å². The van der Waals surface area contributed by atoms with Crippen LogP contribution in [-0.2, 0) is 10.2 Å². The molecule has 0 bridgehead atoms. The van der Waals surface area contributed by atoms with Crippen molar-refractivity contribution in [1.29, 1.82) is 5.26 Å². The lowest BCUT2D eigenvalue weighted by Gasteiger charge is -2.36. The summed E-state index contributed by atoms with van der Waals surface area (Å²) in [6.07, 6.45) is 2.56. The van der Waals surface area contributed by atoms with Crippen LogP contribution in [0.5, 0.6) is 11.5 Å². The van der Waals surface area contributed by atoms with Crippen molar-refractivity contribution in [2.75, 3.05) is 5.32 Å². The fraction of sp³-hybridized carbons (Fsp3) is 0.227. The molecule has 1 aromatic heterocycles. The molecular formula is C22H15Cl2N5O4. The van der Waals surface area contributed by atoms with Crippen LogP contribution in [0.25, 0.3) is 5.69 Å². The number of aromatic nitrogens is 3. The van der Waals surface area contributed by atoms with Gasteiger partial charge in [0.1, 0.15) is 11.8 Å². The Bertz CT molecular complexity index is 1490. The summed E-state index contributed by atoms with van der Waals surface area (Å²) in [5.41, 5.74) is -0.00476. The summed E-state index contributed by atoms with van der Waals surface area (Å²) in [5, 5.41) is 15.9. The third kappa shape index (κ3) is 3.22. The highest BCUT2D eigenvalue weighted by Crippen LogP contribution is 2.53. The number of ether oxygens (including phenoxy) is 1. The first-order valence-electron chi connectivity index (χ1n) is 10.0. The Hall–Kier alpha value is -3.61. The summed E-state index contributed by atoms with van der Waals surface area (Å²) >= 11 is 12.8. The molecule has 3 aromatic rings. The van der Waals surface area contributed by atoms with Crippen LogP contribution in [0.4, 0.5) is 5.69 Å². The monoisotopic (exact) mass is 483 g/mol. The molecule has 2 aromatic carbocycles. The van der Waals surface area contributed by atoms with E-state index in [-0.39, 0.29) is 27.4 Å². The first-order chi connectivity index (χ1) is 15.7. The lowest BCUT2D eigenvalue weighted by atomic mass is 9.65. The zero-order valence-corrected chi connectivity index (χ0v) is 18.7. The number of H-pyrrole nitrogens is 1. The number of rotatable bonds is 3. The van der Waals surface area contributed by atoms with Crippen LogP contribution in [0, 0.1) is 18.3 Å².